The molecule has 37 heavy (non-hydrogen) atoms. The number of piperidine rings is 1. The molecule has 0 saturated carbocycles. The van der Waals surface area contributed by atoms with Crippen molar-refractivity contribution in [1.29, 1.82) is 0 Å². The molecule has 2 aliphatic rings. The number of carbonyl (C=O) groups is 1. The number of rotatable bonds is 7. The third-order valence-electron chi connectivity index (χ3n) is 7.48. The third kappa shape index (κ3) is 6.08. The van der Waals surface area contributed by atoms with E-state index in [1.54, 1.807) is 11.0 Å². The first-order valence-corrected chi connectivity index (χ1v) is 13.1. The van der Waals surface area contributed by atoms with E-state index < -0.39 is 11.2 Å². The highest BCUT2D eigenvalue weighted by Gasteiger charge is 2.47. The second-order valence-corrected chi connectivity index (χ2v) is 10.6. The van der Waals surface area contributed by atoms with Crippen LogP contribution in [-0.2, 0) is 22.5 Å². The zero-order valence-electron chi connectivity index (χ0n) is 20.5. The molecule has 0 bridgehead atoms. The highest BCUT2D eigenvalue weighted by molar-refractivity contribution is 6.42. The molecule has 0 aromatic heterocycles. The Hall–Kier alpha value is -2.28. The standard InChI is InChI=1S/C29H30Cl2N2O3.ClH/c30-25-12-11-24(19-26(25)31)29(21-33(27(34)36-29)20-22-7-3-1-4-8-22)15-18-32-16-13-28(35,14-17-32)23-9-5-2-6-10-23;/h1-12,19,35H,13-18,20-21H2;1H. The number of halogens is 3. The average molecular weight is 562 g/mol. The molecular weight excluding hydrogens is 531 g/mol. The third-order valence-corrected chi connectivity index (χ3v) is 8.21. The van der Waals surface area contributed by atoms with Gasteiger partial charge in [-0.25, -0.2) is 4.79 Å². The van der Waals surface area contributed by atoms with Gasteiger partial charge >= 0.3 is 6.09 Å². The molecule has 196 valence electrons. The number of ether oxygens (including phenoxy) is 1. The van der Waals surface area contributed by atoms with Crippen molar-refractivity contribution in [2.24, 2.45) is 0 Å². The number of hydrogen-bond acceptors (Lipinski definition) is 4. The summed E-state index contributed by atoms with van der Waals surface area (Å²) in [5, 5.41) is 12.1. The van der Waals surface area contributed by atoms with Gasteiger partial charge in [0.05, 0.1) is 22.2 Å². The van der Waals surface area contributed by atoms with Crippen molar-refractivity contribution in [2.45, 2.75) is 37.0 Å². The van der Waals surface area contributed by atoms with Crippen LogP contribution in [0.25, 0.3) is 0 Å². The van der Waals surface area contributed by atoms with Crippen LogP contribution in [0, 0.1) is 0 Å². The molecule has 1 N–H and O–H groups in total. The normalized spacial score (nSPS) is 21.4. The van der Waals surface area contributed by atoms with Crippen LogP contribution in [0.15, 0.2) is 78.9 Å². The Bertz CT molecular complexity index is 1200. The molecule has 0 aliphatic carbocycles. The zero-order valence-corrected chi connectivity index (χ0v) is 22.8. The van der Waals surface area contributed by atoms with Gasteiger partial charge in [-0.15, -0.1) is 12.4 Å². The molecule has 3 aromatic rings. The predicted molar refractivity (Wildman–Crippen MR) is 149 cm³/mol. The molecule has 1 atom stereocenters. The fourth-order valence-electron chi connectivity index (χ4n) is 5.29. The van der Waals surface area contributed by atoms with Crippen molar-refractivity contribution in [2.75, 3.05) is 26.2 Å². The van der Waals surface area contributed by atoms with Crippen LogP contribution < -0.4 is 0 Å². The summed E-state index contributed by atoms with van der Waals surface area (Å²) in [7, 11) is 0. The topological polar surface area (TPSA) is 53.0 Å². The number of cyclic esters (lactones) is 1. The van der Waals surface area contributed by atoms with E-state index in [0.717, 1.165) is 36.3 Å². The van der Waals surface area contributed by atoms with Gasteiger partial charge in [-0.3, -0.25) is 4.90 Å². The Morgan fingerprint density at radius 2 is 1.51 bits per heavy atom. The molecule has 5 rings (SSSR count). The molecular formula is C29H31Cl3N2O3. The van der Waals surface area contributed by atoms with Gasteiger partial charge in [0.25, 0.3) is 0 Å². The first kappa shape index (κ1) is 27.7. The summed E-state index contributed by atoms with van der Waals surface area (Å²) in [4.78, 5) is 17.1. The fourth-order valence-corrected chi connectivity index (χ4v) is 5.59. The molecule has 2 saturated heterocycles. The lowest BCUT2D eigenvalue weighted by atomic mass is 9.84. The Morgan fingerprint density at radius 1 is 0.865 bits per heavy atom. The summed E-state index contributed by atoms with van der Waals surface area (Å²) in [6.45, 7) is 3.18. The molecule has 0 radical (unpaired) electrons. The Labute approximate surface area is 234 Å². The molecule has 1 unspecified atom stereocenters. The maximum atomic E-state index is 13.0. The molecule has 8 heteroatoms. The van der Waals surface area contributed by atoms with Gasteiger partial charge in [-0.1, -0.05) is 89.9 Å². The van der Waals surface area contributed by atoms with E-state index in [4.69, 9.17) is 27.9 Å². The van der Waals surface area contributed by atoms with Crippen LogP contribution in [0.5, 0.6) is 0 Å². The maximum Gasteiger partial charge on any atom is 0.411 e. The van der Waals surface area contributed by atoms with Crippen molar-refractivity contribution in [3.05, 3.63) is 106 Å². The number of benzene rings is 3. The number of likely N-dealkylation sites (tertiary alicyclic amines) is 1. The number of nitrogens with zero attached hydrogens (tertiary/aromatic N) is 2. The summed E-state index contributed by atoms with van der Waals surface area (Å²) in [5.74, 6) is 0. The molecule has 3 aromatic carbocycles. The second kappa shape index (κ2) is 11.6. The van der Waals surface area contributed by atoms with Crippen LogP contribution in [0.3, 0.4) is 0 Å². The lowest BCUT2D eigenvalue weighted by Crippen LogP contribution is -2.44. The summed E-state index contributed by atoms with van der Waals surface area (Å²) in [5.41, 5.74) is 1.24. The van der Waals surface area contributed by atoms with Crippen molar-refractivity contribution < 1.29 is 14.6 Å². The van der Waals surface area contributed by atoms with Gasteiger partial charge in [-0.2, -0.15) is 0 Å². The number of hydrogen-bond donors (Lipinski definition) is 1. The van der Waals surface area contributed by atoms with Gasteiger partial charge in [0.2, 0.25) is 0 Å². The van der Waals surface area contributed by atoms with E-state index in [9.17, 15) is 9.90 Å². The lowest BCUT2D eigenvalue weighted by molar-refractivity contribution is -0.0323. The molecule has 0 spiro atoms. The van der Waals surface area contributed by atoms with Gasteiger partial charge < -0.3 is 14.7 Å². The van der Waals surface area contributed by atoms with Crippen molar-refractivity contribution in [1.82, 2.24) is 9.80 Å². The second-order valence-electron chi connectivity index (χ2n) is 9.82. The van der Waals surface area contributed by atoms with Crippen molar-refractivity contribution in [3.63, 3.8) is 0 Å². The van der Waals surface area contributed by atoms with E-state index in [1.165, 1.54) is 0 Å². The van der Waals surface area contributed by atoms with Gasteiger partial charge in [0.1, 0.15) is 0 Å². The monoisotopic (exact) mass is 560 g/mol. The number of carbonyl (C=O) groups excluding carboxylic acids is 1. The van der Waals surface area contributed by atoms with Crippen LogP contribution in [0.1, 0.15) is 36.0 Å². The smallest absolute Gasteiger partial charge is 0.411 e. The van der Waals surface area contributed by atoms with Crippen LogP contribution in [0.4, 0.5) is 4.79 Å². The largest absolute Gasteiger partial charge is 0.436 e. The van der Waals surface area contributed by atoms with E-state index in [0.29, 0.717) is 42.4 Å². The van der Waals surface area contributed by atoms with E-state index in [-0.39, 0.29) is 18.5 Å². The van der Waals surface area contributed by atoms with E-state index in [1.807, 2.05) is 72.8 Å². The molecule has 1 amide bonds. The minimum absolute atomic E-state index is 0. The Morgan fingerprint density at radius 3 is 2.16 bits per heavy atom. The van der Waals surface area contributed by atoms with Crippen LogP contribution in [-0.4, -0.2) is 47.2 Å². The summed E-state index contributed by atoms with van der Waals surface area (Å²) < 4.78 is 6.13. The zero-order chi connectivity index (χ0) is 25.2. The molecule has 2 heterocycles. The first-order valence-electron chi connectivity index (χ1n) is 12.3. The molecule has 5 nitrogen and oxygen atoms in total. The van der Waals surface area contributed by atoms with Gasteiger partial charge in [0, 0.05) is 32.6 Å². The van der Waals surface area contributed by atoms with Crippen molar-refractivity contribution in [3.8, 4) is 0 Å². The minimum Gasteiger partial charge on any atom is -0.436 e. The SMILES string of the molecule is Cl.O=C1OC(CCN2CCC(O)(c3ccccc3)CC2)(c2ccc(Cl)c(Cl)c2)CN1Cc1ccccc1. The number of aliphatic hydroxyl groups is 1. The van der Waals surface area contributed by atoms with Crippen LogP contribution in [0.2, 0.25) is 10.0 Å². The van der Waals surface area contributed by atoms with E-state index in [2.05, 4.69) is 4.90 Å². The highest BCUT2D eigenvalue weighted by atomic mass is 35.5. The summed E-state index contributed by atoms with van der Waals surface area (Å²) in [6, 6.07) is 25.3. The van der Waals surface area contributed by atoms with Crippen molar-refractivity contribution >= 4 is 41.7 Å². The Balaban J connectivity index is 0.00000320. The summed E-state index contributed by atoms with van der Waals surface area (Å²) in [6.07, 6.45) is 1.61. The average Bonchev–Trinajstić information content (AvgIpc) is 3.22. The van der Waals surface area contributed by atoms with Gasteiger partial charge in [-0.05, 0) is 41.7 Å². The first-order chi connectivity index (χ1) is 17.4. The van der Waals surface area contributed by atoms with Gasteiger partial charge in [0.15, 0.2) is 5.60 Å². The van der Waals surface area contributed by atoms with Crippen LogP contribution >= 0.6 is 35.6 Å². The molecule has 2 fully saturated rings. The quantitative estimate of drug-likeness (QED) is 0.351. The van der Waals surface area contributed by atoms with E-state index >= 15 is 0 Å². The Kier molecular flexibility index (Phi) is 8.72. The minimum atomic E-state index is -0.826. The lowest BCUT2D eigenvalue weighted by Gasteiger charge is -2.39. The fraction of sp³-hybridized carbons (Fsp3) is 0.345. The molecule has 2 aliphatic heterocycles. The highest BCUT2D eigenvalue weighted by Crippen LogP contribution is 2.40. The number of amides is 1. The predicted octanol–water partition coefficient (Wildman–Crippen LogP) is 6.64. The summed E-state index contributed by atoms with van der Waals surface area (Å²) >= 11 is 12.6. The maximum absolute atomic E-state index is 13.0.